The molecule has 0 bridgehead atoms. The molecule has 0 aromatic heterocycles. The van der Waals surface area contributed by atoms with Crippen molar-refractivity contribution in [3.05, 3.63) is 29.8 Å². The van der Waals surface area contributed by atoms with Crippen molar-refractivity contribution in [1.82, 2.24) is 15.8 Å². The largest absolute Gasteiger partial charge is 0.480 e. The molecule has 1 saturated heterocycles. The normalized spacial score (nSPS) is 32.0. The number of para-hydroxylation sites is 1. The molecule has 1 saturated carbocycles. The topological polar surface area (TPSA) is 53.6 Å². The van der Waals surface area contributed by atoms with Gasteiger partial charge in [0.2, 0.25) is 0 Å². The highest BCUT2D eigenvalue weighted by molar-refractivity contribution is 5.82. The van der Waals surface area contributed by atoms with Crippen LogP contribution in [0.4, 0.5) is 0 Å². The Hall–Kier alpha value is -1.59. The molecule has 5 heteroatoms. The first-order valence-corrected chi connectivity index (χ1v) is 8.73. The van der Waals surface area contributed by atoms with Crippen molar-refractivity contribution < 1.29 is 9.53 Å². The highest BCUT2D eigenvalue weighted by Gasteiger charge is 2.39. The first-order chi connectivity index (χ1) is 11.2. The molecule has 2 heterocycles. The van der Waals surface area contributed by atoms with E-state index in [0.29, 0.717) is 24.4 Å². The number of hydrazine groups is 1. The first kappa shape index (κ1) is 15.0. The molecule has 0 radical (unpaired) electrons. The van der Waals surface area contributed by atoms with Gasteiger partial charge in [-0.3, -0.25) is 15.6 Å². The maximum Gasteiger partial charge on any atom is 0.263 e. The van der Waals surface area contributed by atoms with Crippen molar-refractivity contribution >= 4 is 5.91 Å². The van der Waals surface area contributed by atoms with Gasteiger partial charge in [-0.1, -0.05) is 31.0 Å². The van der Waals surface area contributed by atoms with Gasteiger partial charge in [0, 0.05) is 32.1 Å². The van der Waals surface area contributed by atoms with Crippen LogP contribution < -0.4 is 15.6 Å². The van der Waals surface area contributed by atoms with Gasteiger partial charge in [0.15, 0.2) is 6.10 Å². The molecule has 2 N–H and O–H groups in total. The molecular formula is C18H25N3O2. The Balaban J connectivity index is 1.36. The second-order valence-corrected chi connectivity index (χ2v) is 7.09. The van der Waals surface area contributed by atoms with Crippen molar-refractivity contribution in [2.75, 3.05) is 13.6 Å². The molecule has 23 heavy (non-hydrogen) atoms. The van der Waals surface area contributed by atoms with Gasteiger partial charge in [-0.25, -0.2) is 0 Å². The van der Waals surface area contributed by atoms with Crippen LogP contribution in [0.15, 0.2) is 24.3 Å². The van der Waals surface area contributed by atoms with Crippen LogP contribution in [0.5, 0.6) is 5.75 Å². The third-order valence-corrected chi connectivity index (χ3v) is 5.56. The lowest BCUT2D eigenvalue weighted by molar-refractivity contribution is -0.137. The van der Waals surface area contributed by atoms with Gasteiger partial charge in [-0.2, -0.15) is 0 Å². The van der Waals surface area contributed by atoms with Crippen molar-refractivity contribution in [2.45, 2.75) is 50.3 Å². The minimum atomic E-state index is -0.367. The number of hydrogen-bond donors (Lipinski definition) is 2. The number of nitrogens with one attached hydrogen (secondary N) is 2. The van der Waals surface area contributed by atoms with Crippen LogP contribution in [0.3, 0.4) is 0 Å². The van der Waals surface area contributed by atoms with Gasteiger partial charge >= 0.3 is 0 Å². The van der Waals surface area contributed by atoms with Gasteiger partial charge in [0.25, 0.3) is 5.91 Å². The highest BCUT2D eigenvalue weighted by Crippen LogP contribution is 2.31. The van der Waals surface area contributed by atoms with Crippen molar-refractivity contribution in [1.29, 1.82) is 0 Å². The van der Waals surface area contributed by atoms with E-state index in [9.17, 15) is 4.79 Å². The molecule has 124 valence electrons. The molecule has 1 amide bonds. The smallest absolute Gasteiger partial charge is 0.263 e. The van der Waals surface area contributed by atoms with E-state index in [1.54, 1.807) is 0 Å². The van der Waals surface area contributed by atoms with E-state index in [1.165, 1.54) is 25.7 Å². The molecule has 5 nitrogen and oxygen atoms in total. The summed E-state index contributed by atoms with van der Waals surface area (Å²) >= 11 is 0. The predicted molar refractivity (Wildman–Crippen MR) is 88.0 cm³/mol. The van der Waals surface area contributed by atoms with Crippen molar-refractivity contribution in [2.24, 2.45) is 5.92 Å². The number of rotatable bonds is 3. The lowest BCUT2D eigenvalue weighted by Crippen LogP contribution is -2.47. The summed E-state index contributed by atoms with van der Waals surface area (Å²) in [5.74, 6) is 1.58. The minimum Gasteiger partial charge on any atom is -0.480 e. The number of nitrogens with zero attached hydrogens (tertiary/aromatic N) is 1. The van der Waals surface area contributed by atoms with Gasteiger partial charge in [0.05, 0.1) is 0 Å². The van der Waals surface area contributed by atoms with Crippen LogP contribution in [-0.2, 0) is 11.2 Å². The number of fused-ring (bicyclic) bond motifs is 2. The van der Waals surface area contributed by atoms with Gasteiger partial charge < -0.3 is 9.64 Å². The van der Waals surface area contributed by atoms with E-state index in [4.69, 9.17) is 4.74 Å². The standard InChI is InChI=1S/C18H25N3O2/c1-21(11-15-13-7-3-4-8-14(13)19-20-15)18(22)17-10-12-6-2-5-9-16(12)23-17/h2,5-6,9,13-15,17,19-20H,3-4,7-8,10-11H2,1H3. The lowest BCUT2D eigenvalue weighted by atomic mass is 9.81. The van der Waals surface area contributed by atoms with Crippen LogP contribution in [0.2, 0.25) is 0 Å². The first-order valence-electron chi connectivity index (χ1n) is 8.73. The van der Waals surface area contributed by atoms with E-state index in [0.717, 1.165) is 17.9 Å². The molecule has 2 fully saturated rings. The fraction of sp³-hybridized carbons (Fsp3) is 0.611. The Bertz CT molecular complexity index is 566. The van der Waals surface area contributed by atoms with Gasteiger partial charge in [0.1, 0.15) is 5.75 Å². The second-order valence-electron chi connectivity index (χ2n) is 7.09. The van der Waals surface area contributed by atoms with Gasteiger partial charge in [-0.05, 0) is 30.4 Å². The minimum absolute atomic E-state index is 0.0854. The van der Waals surface area contributed by atoms with E-state index in [-0.39, 0.29) is 12.0 Å². The van der Waals surface area contributed by atoms with Crippen LogP contribution in [0.1, 0.15) is 31.2 Å². The Labute approximate surface area is 137 Å². The van der Waals surface area contributed by atoms with E-state index in [1.807, 2.05) is 36.2 Å². The number of carbonyl (C=O) groups is 1. The van der Waals surface area contributed by atoms with Crippen molar-refractivity contribution in [3.63, 3.8) is 0 Å². The fourth-order valence-corrected chi connectivity index (χ4v) is 4.27. The molecule has 1 aromatic carbocycles. The number of carbonyl (C=O) groups excluding carboxylic acids is 1. The summed E-state index contributed by atoms with van der Waals surface area (Å²) < 4.78 is 5.83. The second kappa shape index (κ2) is 6.13. The highest BCUT2D eigenvalue weighted by atomic mass is 16.5. The van der Waals surface area contributed by atoms with Gasteiger partial charge in [-0.15, -0.1) is 0 Å². The zero-order valence-corrected chi connectivity index (χ0v) is 13.6. The maximum atomic E-state index is 12.7. The van der Waals surface area contributed by atoms with E-state index in [2.05, 4.69) is 10.9 Å². The van der Waals surface area contributed by atoms with Crippen LogP contribution >= 0.6 is 0 Å². The van der Waals surface area contributed by atoms with Crippen molar-refractivity contribution in [3.8, 4) is 5.75 Å². The quantitative estimate of drug-likeness (QED) is 0.887. The summed E-state index contributed by atoms with van der Waals surface area (Å²) in [6.07, 6.45) is 5.43. The third-order valence-electron chi connectivity index (χ3n) is 5.56. The summed E-state index contributed by atoms with van der Waals surface area (Å²) in [5, 5.41) is 0. The van der Waals surface area contributed by atoms with E-state index >= 15 is 0 Å². The SMILES string of the molecule is CN(CC1NNC2CCCCC21)C(=O)C1Cc2ccccc2O1. The summed E-state index contributed by atoms with van der Waals surface area (Å²) in [5.41, 5.74) is 7.96. The van der Waals surface area contributed by atoms with E-state index < -0.39 is 0 Å². The zero-order chi connectivity index (χ0) is 15.8. The number of hydrogen-bond acceptors (Lipinski definition) is 4. The number of amides is 1. The number of benzene rings is 1. The summed E-state index contributed by atoms with van der Waals surface area (Å²) in [6.45, 7) is 0.739. The number of ether oxygens (including phenoxy) is 1. The summed E-state index contributed by atoms with van der Waals surface area (Å²) in [4.78, 5) is 14.6. The molecule has 4 unspecified atom stereocenters. The molecule has 1 aliphatic carbocycles. The Morgan fingerprint density at radius 1 is 1.26 bits per heavy atom. The molecular weight excluding hydrogens is 290 g/mol. The Kier molecular flexibility index (Phi) is 3.99. The average Bonchev–Trinajstić information content (AvgIpc) is 3.18. The predicted octanol–water partition coefficient (Wildman–Crippen LogP) is 1.48. The number of likely N-dealkylation sites (N-methyl/N-ethyl adjacent to an activating group) is 1. The molecule has 3 aliphatic rings. The fourth-order valence-electron chi connectivity index (χ4n) is 4.27. The molecule has 4 rings (SSSR count). The summed E-state index contributed by atoms with van der Waals surface area (Å²) in [7, 11) is 1.90. The molecule has 4 atom stereocenters. The Morgan fingerprint density at radius 3 is 2.96 bits per heavy atom. The Morgan fingerprint density at radius 2 is 2.09 bits per heavy atom. The summed E-state index contributed by atoms with van der Waals surface area (Å²) in [6, 6.07) is 8.85. The maximum absolute atomic E-state index is 12.7. The lowest BCUT2D eigenvalue weighted by Gasteiger charge is -2.30. The molecule has 2 aliphatic heterocycles. The average molecular weight is 315 g/mol. The van der Waals surface area contributed by atoms with Crippen LogP contribution in [-0.4, -0.2) is 42.6 Å². The third kappa shape index (κ3) is 2.83. The zero-order valence-electron chi connectivity index (χ0n) is 13.6. The molecule has 0 spiro atoms. The van der Waals surface area contributed by atoms with Crippen LogP contribution in [0.25, 0.3) is 0 Å². The monoisotopic (exact) mass is 315 g/mol. The van der Waals surface area contributed by atoms with Crippen LogP contribution in [0, 0.1) is 5.92 Å². The molecule has 1 aromatic rings.